The minimum absolute atomic E-state index is 0.354. The molecule has 3 rings (SSSR count). The van der Waals surface area contributed by atoms with Crippen LogP contribution in [0.4, 0.5) is 0 Å². The summed E-state index contributed by atoms with van der Waals surface area (Å²) in [5.41, 5.74) is 2.66. The molecule has 1 aromatic rings. The number of hydrogen-bond acceptors (Lipinski definition) is 0. The number of alkyl halides is 2. The molecular weight excluding hydrogens is 395 g/mol. The molecule has 0 saturated heterocycles. The van der Waals surface area contributed by atoms with E-state index in [0.717, 1.165) is 36.1 Å². The van der Waals surface area contributed by atoms with Gasteiger partial charge in [0.25, 0.3) is 0 Å². The van der Waals surface area contributed by atoms with Crippen molar-refractivity contribution in [3.63, 3.8) is 0 Å². The summed E-state index contributed by atoms with van der Waals surface area (Å²) in [4.78, 5) is 0. The molecule has 0 amide bonds. The van der Waals surface area contributed by atoms with Crippen LogP contribution in [0.15, 0.2) is 18.2 Å². The zero-order valence-electron chi connectivity index (χ0n) is 16.9. The molecule has 2 fully saturated rings. The molecule has 27 heavy (non-hydrogen) atoms. The van der Waals surface area contributed by atoms with Gasteiger partial charge in [-0.3, -0.25) is 0 Å². The SMILES string of the molecule is CC1CCC(CCc2ccc(CCC3CCC(C)C(Cl)C3)c(Cl)c2)C(Cl)C1. The van der Waals surface area contributed by atoms with Gasteiger partial charge in [-0.2, -0.15) is 0 Å². The molecule has 152 valence electrons. The molecule has 0 spiro atoms. The van der Waals surface area contributed by atoms with E-state index < -0.39 is 0 Å². The predicted molar refractivity (Wildman–Crippen MR) is 120 cm³/mol. The molecule has 3 heteroatoms. The van der Waals surface area contributed by atoms with E-state index in [4.69, 9.17) is 34.8 Å². The van der Waals surface area contributed by atoms with E-state index in [0.29, 0.717) is 22.6 Å². The fourth-order valence-corrected chi connectivity index (χ4v) is 6.20. The van der Waals surface area contributed by atoms with Crippen LogP contribution in [0.25, 0.3) is 0 Å². The first kappa shape index (κ1) is 21.8. The Morgan fingerprint density at radius 1 is 0.889 bits per heavy atom. The van der Waals surface area contributed by atoms with Crippen molar-refractivity contribution in [2.24, 2.45) is 23.7 Å². The molecule has 6 unspecified atom stereocenters. The summed E-state index contributed by atoms with van der Waals surface area (Å²) in [5.74, 6) is 2.89. The number of benzene rings is 1. The first-order valence-electron chi connectivity index (χ1n) is 11.0. The lowest BCUT2D eigenvalue weighted by atomic mass is 9.79. The molecule has 1 aromatic carbocycles. The Hall–Kier alpha value is 0.0900. The Bertz CT molecular complexity index is 599. The highest BCUT2D eigenvalue weighted by molar-refractivity contribution is 6.31. The Balaban J connectivity index is 1.47. The molecule has 0 aromatic heterocycles. The number of rotatable bonds is 6. The summed E-state index contributed by atoms with van der Waals surface area (Å²) in [6.45, 7) is 4.61. The number of aryl methyl sites for hydroxylation is 2. The third kappa shape index (κ3) is 6.28. The van der Waals surface area contributed by atoms with E-state index in [1.165, 1.54) is 56.1 Å². The quantitative estimate of drug-likeness (QED) is 0.399. The Morgan fingerprint density at radius 2 is 1.70 bits per heavy atom. The zero-order chi connectivity index (χ0) is 19.4. The van der Waals surface area contributed by atoms with Crippen molar-refractivity contribution in [3.8, 4) is 0 Å². The van der Waals surface area contributed by atoms with E-state index in [1.54, 1.807) is 0 Å². The lowest BCUT2D eigenvalue weighted by Gasteiger charge is -2.31. The average molecular weight is 430 g/mol. The van der Waals surface area contributed by atoms with Crippen LogP contribution in [0.1, 0.15) is 76.3 Å². The first-order chi connectivity index (χ1) is 12.9. The van der Waals surface area contributed by atoms with E-state index in [-0.39, 0.29) is 0 Å². The van der Waals surface area contributed by atoms with Crippen molar-refractivity contribution >= 4 is 34.8 Å². The van der Waals surface area contributed by atoms with Crippen LogP contribution >= 0.6 is 34.8 Å². The maximum Gasteiger partial charge on any atom is 0.0440 e. The van der Waals surface area contributed by atoms with Crippen LogP contribution < -0.4 is 0 Å². The van der Waals surface area contributed by atoms with Gasteiger partial charge in [-0.15, -0.1) is 23.2 Å². The minimum atomic E-state index is 0.354. The summed E-state index contributed by atoms with van der Waals surface area (Å²) < 4.78 is 0. The van der Waals surface area contributed by atoms with Crippen molar-refractivity contribution < 1.29 is 0 Å². The second kappa shape index (κ2) is 10.2. The largest absolute Gasteiger partial charge is 0.123 e. The minimum Gasteiger partial charge on any atom is -0.123 e. The van der Waals surface area contributed by atoms with Crippen LogP contribution in [0.2, 0.25) is 5.02 Å². The molecule has 0 N–H and O–H groups in total. The molecule has 0 nitrogen and oxygen atoms in total. The van der Waals surface area contributed by atoms with E-state index in [2.05, 4.69) is 32.0 Å². The fraction of sp³-hybridized carbons (Fsp3) is 0.750. The highest BCUT2D eigenvalue weighted by Crippen LogP contribution is 2.36. The van der Waals surface area contributed by atoms with E-state index in [9.17, 15) is 0 Å². The van der Waals surface area contributed by atoms with E-state index in [1.807, 2.05) is 0 Å². The predicted octanol–water partition coefficient (Wildman–Crippen LogP) is 8.29. The average Bonchev–Trinajstić information content (AvgIpc) is 2.63. The van der Waals surface area contributed by atoms with Gasteiger partial charge in [-0.05, 0) is 92.2 Å². The van der Waals surface area contributed by atoms with Crippen LogP contribution in [0.5, 0.6) is 0 Å². The Kier molecular flexibility index (Phi) is 8.25. The standard InChI is InChI=1S/C24H35Cl3/c1-16-3-9-20(23(26)13-16)10-7-19-8-12-21(24(27)15-19)11-6-18-5-4-17(2)22(25)14-18/h8,12,15-18,20,22-23H,3-7,9-11,13-14H2,1-2H3. The molecule has 2 saturated carbocycles. The van der Waals surface area contributed by atoms with Crippen molar-refractivity contribution in [2.75, 3.05) is 0 Å². The topological polar surface area (TPSA) is 0 Å². The molecular formula is C24H35Cl3. The Labute approximate surface area is 181 Å². The molecule has 2 aliphatic rings. The molecule has 0 heterocycles. The van der Waals surface area contributed by atoms with Crippen LogP contribution in [-0.4, -0.2) is 10.8 Å². The van der Waals surface area contributed by atoms with Gasteiger partial charge in [0.2, 0.25) is 0 Å². The van der Waals surface area contributed by atoms with Gasteiger partial charge in [-0.25, -0.2) is 0 Å². The van der Waals surface area contributed by atoms with E-state index >= 15 is 0 Å². The zero-order valence-corrected chi connectivity index (χ0v) is 19.2. The van der Waals surface area contributed by atoms with Gasteiger partial charge < -0.3 is 0 Å². The summed E-state index contributed by atoms with van der Waals surface area (Å²) in [7, 11) is 0. The summed E-state index contributed by atoms with van der Waals surface area (Å²) in [6.07, 6.45) is 12.1. The molecule has 0 bridgehead atoms. The lowest BCUT2D eigenvalue weighted by molar-refractivity contribution is 0.283. The van der Waals surface area contributed by atoms with Gasteiger partial charge in [0, 0.05) is 15.8 Å². The monoisotopic (exact) mass is 428 g/mol. The molecule has 6 atom stereocenters. The molecule has 2 aliphatic carbocycles. The second-order valence-electron chi connectivity index (χ2n) is 9.37. The first-order valence-corrected chi connectivity index (χ1v) is 12.2. The van der Waals surface area contributed by atoms with Gasteiger partial charge in [-0.1, -0.05) is 50.4 Å². The smallest absolute Gasteiger partial charge is 0.0440 e. The summed E-state index contributed by atoms with van der Waals surface area (Å²) >= 11 is 19.7. The highest BCUT2D eigenvalue weighted by Gasteiger charge is 2.27. The number of hydrogen-bond donors (Lipinski definition) is 0. The van der Waals surface area contributed by atoms with Gasteiger partial charge >= 0.3 is 0 Å². The normalized spacial score (nSPS) is 34.6. The van der Waals surface area contributed by atoms with Gasteiger partial charge in [0.05, 0.1) is 0 Å². The summed E-state index contributed by atoms with van der Waals surface area (Å²) in [5, 5.41) is 1.65. The van der Waals surface area contributed by atoms with Crippen molar-refractivity contribution in [1.29, 1.82) is 0 Å². The molecule has 0 aliphatic heterocycles. The third-order valence-corrected chi connectivity index (χ3v) is 8.61. The van der Waals surface area contributed by atoms with Crippen molar-refractivity contribution in [2.45, 2.75) is 88.8 Å². The van der Waals surface area contributed by atoms with Gasteiger partial charge in [0.1, 0.15) is 0 Å². The van der Waals surface area contributed by atoms with Crippen LogP contribution in [0, 0.1) is 23.7 Å². The lowest BCUT2D eigenvalue weighted by Crippen LogP contribution is -2.24. The van der Waals surface area contributed by atoms with Crippen LogP contribution in [0.3, 0.4) is 0 Å². The van der Waals surface area contributed by atoms with Gasteiger partial charge in [0.15, 0.2) is 0 Å². The van der Waals surface area contributed by atoms with Crippen molar-refractivity contribution in [1.82, 2.24) is 0 Å². The fourth-order valence-electron chi connectivity index (χ4n) is 4.97. The highest BCUT2D eigenvalue weighted by atomic mass is 35.5. The molecule has 0 radical (unpaired) electrons. The third-order valence-electron chi connectivity index (χ3n) is 7.12. The van der Waals surface area contributed by atoms with Crippen LogP contribution in [-0.2, 0) is 12.8 Å². The Morgan fingerprint density at radius 3 is 2.41 bits per heavy atom. The summed E-state index contributed by atoms with van der Waals surface area (Å²) in [6, 6.07) is 6.73. The maximum absolute atomic E-state index is 6.62. The number of halogens is 3. The maximum atomic E-state index is 6.62. The van der Waals surface area contributed by atoms with Crippen molar-refractivity contribution in [3.05, 3.63) is 34.3 Å². The second-order valence-corrected chi connectivity index (χ2v) is 10.9.